The standard InChI is InChI=1S/C19H20O2S/c20-17(13-14-5-2-1-3-6-14)19(21)16-10-8-15(9-11-16)18-7-4-12-22-18/h4,7-12,14H,1-3,5-6,13H2. The molecule has 0 amide bonds. The zero-order chi connectivity index (χ0) is 15.4. The number of carbonyl (C=O) groups excluding carboxylic acids is 2. The van der Waals surface area contributed by atoms with E-state index in [4.69, 9.17) is 0 Å². The van der Waals surface area contributed by atoms with Gasteiger partial charge in [0.15, 0.2) is 0 Å². The van der Waals surface area contributed by atoms with Gasteiger partial charge in [0.25, 0.3) is 0 Å². The summed E-state index contributed by atoms with van der Waals surface area (Å²) in [6.45, 7) is 0. The Morgan fingerprint density at radius 1 is 1.00 bits per heavy atom. The molecule has 3 rings (SSSR count). The van der Waals surface area contributed by atoms with Crippen LogP contribution < -0.4 is 0 Å². The fraction of sp³-hybridized carbons (Fsp3) is 0.368. The van der Waals surface area contributed by atoms with E-state index < -0.39 is 0 Å². The number of ketones is 2. The van der Waals surface area contributed by atoms with Crippen LogP contribution in [0.25, 0.3) is 10.4 Å². The van der Waals surface area contributed by atoms with Crippen LogP contribution in [0.2, 0.25) is 0 Å². The van der Waals surface area contributed by atoms with Gasteiger partial charge in [0.05, 0.1) is 0 Å². The minimum Gasteiger partial charge on any atom is -0.290 e. The van der Waals surface area contributed by atoms with Crippen molar-refractivity contribution in [3.05, 3.63) is 47.3 Å². The minimum absolute atomic E-state index is 0.226. The van der Waals surface area contributed by atoms with E-state index in [9.17, 15) is 9.59 Å². The second kappa shape index (κ2) is 7.01. The van der Waals surface area contributed by atoms with Gasteiger partial charge in [-0.3, -0.25) is 9.59 Å². The average molecular weight is 312 g/mol. The second-order valence-electron chi connectivity index (χ2n) is 6.02. The summed E-state index contributed by atoms with van der Waals surface area (Å²) in [6, 6.07) is 11.5. The normalized spacial score (nSPS) is 15.6. The third-order valence-corrected chi connectivity index (χ3v) is 5.32. The summed E-state index contributed by atoms with van der Waals surface area (Å²) >= 11 is 1.67. The third-order valence-electron chi connectivity index (χ3n) is 4.40. The second-order valence-corrected chi connectivity index (χ2v) is 6.96. The average Bonchev–Trinajstić information content (AvgIpc) is 3.10. The van der Waals surface area contributed by atoms with Gasteiger partial charge in [-0.05, 0) is 22.9 Å². The van der Waals surface area contributed by atoms with Crippen LogP contribution in [0.4, 0.5) is 0 Å². The predicted octanol–water partition coefficient (Wildman–Crippen LogP) is 5.14. The molecule has 1 saturated carbocycles. The number of hydrogen-bond donors (Lipinski definition) is 0. The van der Waals surface area contributed by atoms with E-state index >= 15 is 0 Å². The van der Waals surface area contributed by atoms with Gasteiger partial charge in [-0.25, -0.2) is 0 Å². The minimum atomic E-state index is -0.330. The lowest BCUT2D eigenvalue weighted by Crippen LogP contribution is -2.19. The Balaban J connectivity index is 1.65. The van der Waals surface area contributed by atoms with Crippen LogP contribution in [0.3, 0.4) is 0 Å². The molecular formula is C19H20O2S. The van der Waals surface area contributed by atoms with Gasteiger partial charge in [0.1, 0.15) is 0 Å². The molecule has 0 N–H and O–H groups in total. The van der Waals surface area contributed by atoms with Crippen molar-refractivity contribution in [1.82, 2.24) is 0 Å². The molecule has 0 atom stereocenters. The van der Waals surface area contributed by atoms with Crippen LogP contribution in [0.5, 0.6) is 0 Å². The summed E-state index contributed by atoms with van der Waals surface area (Å²) in [5, 5.41) is 2.03. The van der Waals surface area contributed by atoms with Crippen molar-refractivity contribution in [3.8, 4) is 10.4 Å². The van der Waals surface area contributed by atoms with E-state index in [0.29, 0.717) is 17.9 Å². The molecule has 2 nitrogen and oxygen atoms in total. The Morgan fingerprint density at radius 3 is 2.36 bits per heavy atom. The molecule has 114 valence electrons. The zero-order valence-corrected chi connectivity index (χ0v) is 13.4. The molecule has 0 saturated heterocycles. The molecule has 2 aromatic rings. The van der Waals surface area contributed by atoms with Crippen molar-refractivity contribution in [2.24, 2.45) is 5.92 Å². The Kier molecular flexibility index (Phi) is 4.84. The molecule has 1 aromatic heterocycles. The van der Waals surface area contributed by atoms with Crippen molar-refractivity contribution in [1.29, 1.82) is 0 Å². The molecule has 22 heavy (non-hydrogen) atoms. The number of Topliss-reactive ketones (excluding diaryl/α,β-unsaturated/α-hetero) is 2. The lowest BCUT2D eigenvalue weighted by Gasteiger charge is -2.20. The van der Waals surface area contributed by atoms with Crippen LogP contribution in [-0.4, -0.2) is 11.6 Å². The van der Waals surface area contributed by atoms with E-state index in [1.54, 1.807) is 23.5 Å². The Morgan fingerprint density at radius 2 is 1.73 bits per heavy atom. The molecule has 1 aromatic carbocycles. The summed E-state index contributed by atoms with van der Waals surface area (Å²) < 4.78 is 0. The first-order valence-corrected chi connectivity index (χ1v) is 8.83. The number of carbonyl (C=O) groups is 2. The number of rotatable bonds is 5. The summed E-state index contributed by atoms with van der Waals surface area (Å²) in [6.07, 6.45) is 6.27. The van der Waals surface area contributed by atoms with Crippen LogP contribution in [0.15, 0.2) is 41.8 Å². The highest BCUT2D eigenvalue weighted by atomic mass is 32.1. The number of hydrogen-bond acceptors (Lipinski definition) is 3. The van der Waals surface area contributed by atoms with Gasteiger partial charge in [0.2, 0.25) is 11.6 Å². The maximum Gasteiger partial charge on any atom is 0.228 e. The van der Waals surface area contributed by atoms with Crippen LogP contribution >= 0.6 is 11.3 Å². The summed E-state index contributed by atoms with van der Waals surface area (Å²) in [5.41, 5.74) is 1.60. The van der Waals surface area contributed by atoms with Gasteiger partial charge in [-0.15, -0.1) is 11.3 Å². The Bertz CT molecular complexity index is 635. The molecule has 0 spiro atoms. The molecule has 1 aliphatic carbocycles. The monoisotopic (exact) mass is 312 g/mol. The third kappa shape index (κ3) is 3.53. The van der Waals surface area contributed by atoms with E-state index in [-0.39, 0.29) is 11.6 Å². The van der Waals surface area contributed by atoms with Gasteiger partial charge in [0, 0.05) is 16.9 Å². The summed E-state index contributed by atoms with van der Waals surface area (Å²) in [4.78, 5) is 25.6. The smallest absolute Gasteiger partial charge is 0.228 e. The topological polar surface area (TPSA) is 34.1 Å². The van der Waals surface area contributed by atoms with Crippen LogP contribution in [0, 0.1) is 5.92 Å². The van der Waals surface area contributed by atoms with Crippen molar-refractivity contribution in [2.75, 3.05) is 0 Å². The highest BCUT2D eigenvalue weighted by Crippen LogP contribution is 2.27. The van der Waals surface area contributed by atoms with Crippen molar-refractivity contribution >= 4 is 22.9 Å². The van der Waals surface area contributed by atoms with Gasteiger partial charge >= 0.3 is 0 Å². The van der Waals surface area contributed by atoms with Crippen molar-refractivity contribution in [2.45, 2.75) is 38.5 Å². The molecule has 1 fully saturated rings. The van der Waals surface area contributed by atoms with Crippen molar-refractivity contribution in [3.63, 3.8) is 0 Å². The quantitative estimate of drug-likeness (QED) is 0.566. The lowest BCUT2D eigenvalue weighted by atomic mass is 9.84. The molecule has 0 aliphatic heterocycles. The fourth-order valence-corrected chi connectivity index (χ4v) is 3.87. The first-order chi connectivity index (χ1) is 10.7. The summed E-state index contributed by atoms with van der Waals surface area (Å²) in [7, 11) is 0. The Labute approximate surface area is 135 Å². The van der Waals surface area contributed by atoms with E-state index in [0.717, 1.165) is 18.4 Å². The first-order valence-electron chi connectivity index (χ1n) is 7.95. The molecule has 1 aliphatic rings. The number of benzene rings is 1. The Hall–Kier alpha value is -1.74. The maximum atomic E-state index is 12.3. The molecule has 1 heterocycles. The number of thiophene rings is 1. The predicted molar refractivity (Wildman–Crippen MR) is 90.3 cm³/mol. The highest BCUT2D eigenvalue weighted by molar-refractivity contribution is 7.13. The fourth-order valence-electron chi connectivity index (χ4n) is 3.14. The molecule has 3 heteroatoms. The van der Waals surface area contributed by atoms with E-state index in [2.05, 4.69) is 6.07 Å². The van der Waals surface area contributed by atoms with Crippen LogP contribution in [-0.2, 0) is 4.79 Å². The van der Waals surface area contributed by atoms with E-state index in [1.807, 2.05) is 23.6 Å². The zero-order valence-electron chi connectivity index (χ0n) is 12.6. The van der Waals surface area contributed by atoms with Gasteiger partial charge in [-0.2, -0.15) is 0 Å². The lowest BCUT2D eigenvalue weighted by molar-refractivity contribution is -0.116. The maximum absolute atomic E-state index is 12.3. The summed E-state index contributed by atoms with van der Waals surface area (Å²) in [5.74, 6) is -0.144. The largest absolute Gasteiger partial charge is 0.290 e. The van der Waals surface area contributed by atoms with Gasteiger partial charge in [-0.1, -0.05) is 62.4 Å². The van der Waals surface area contributed by atoms with E-state index in [1.165, 1.54) is 24.1 Å². The molecule has 0 unspecified atom stereocenters. The van der Waals surface area contributed by atoms with Crippen molar-refractivity contribution < 1.29 is 9.59 Å². The SMILES string of the molecule is O=C(CC1CCCCC1)C(=O)c1ccc(-c2cccs2)cc1. The molecule has 0 radical (unpaired) electrons. The first kappa shape index (κ1) is 15.2. The molecule has 0 bridgehead atoms. The van der Waals surface area contributed by atoms with Gasteiger partial charge < -0.3 is 0 Å². The highest BCUT2D eigenvalue weighted by Gasteiger charge is 2.22. The van der Waals surface area contributed by atoms with Crippen LogP contribution in [0.1, 0.15) is 48.9 Å². The molecular weight excluding hydrogens is 292 g/mol.